The molecule has 134 valence electrons. The molecule has 0 fully saturated rings. The molecule has 1 aliphatic heterocycles. The van der Waals surface area contributed by atoms with Crippen molar-refractivity contribution in [2.24, 2.45) is 0 Å². The molecule has 4 rings (SSSR count). The third kappa shape index (κ3) is 3.42. The Morgan fingerprint density at radius 2 is 1.81 bits per heavy atom. The molecule has 2 N–H and O–H groups in total. The van der Waals surface area contributed by atoms with E-state index in [1.165, 1.54) is 11.1 Å². The van der Waals surface area contributed by atoms with Crippen molar-refractivity contribution in [3.63, 3.8) is 0 Å². The third-order valence-electron chi connectivity index (χ3n) is 4.39. The molecule has 2 aromatic rings. The lowest BCUT2D eigenvalue weighted by Gasteiger charge is -2.10. The third-order valence-corrected chi connectivity index (χ3v) is 4.39. The molecule has 0 saturated carbocycles. The van der Waals surface area contributed by atoms with Crippen molar-refractivity contribution >= 4 is 11.8 Å². The maximum Gasteiger partial charge on any atom is 0.276 e. The van der Waals surface area contributed by atoms with E-state index in [9.17, 15) is 9.59 Å². The average Bonchev–Trinajstić information content (AvgIpc) is 3.32. The Morgan fingerprint density at radius 1 is 0.962 bits per heavy atom. The van der Waals surface area contributed by atoms with Crippen LogP contribution in [0.5, 0.6) is 17.2 Å². The first kappa shape index (κ1) is 16.3. The lowest BCUT2D eigenvalue weighted by Crippen LogP contribution is -2.43. The van der Waals surface area contributed by atoms with Gasteiger partial charge in [0, 0.05) is 5.56 Å². The number of ether oxygens (including phenoxy) is 3. The van der Waals surface area contributed by atoms with Crippen LogP contribution in [-0.4, -0.2) is 25.2 Å². The lowest BCUT2D eigenvalue weighted by atomic mass is 10.1. The highest BCUT2D eigenvalue weighted by Crippen LogP contribution is 2.32. The molecule has 1 aliphatic carbocycles. The van der Waals surface area contributed by atoms with Crippen molar-refractivity contribution in [1.29, 1.82) is 0 Å². The van der Waals surface area contributed by atoms with Gasteiger partial charge in [-0.2, -0.15) is 0 Å². The molecule has 2 aromatic carbocycles. The summed E-state index contributed by atoms with van der Waals surface area (Å²) in [6.45, 7) is -0.0443. The van der Waals surface area contributed by atoms with Crippen LogP contribution in [0.2, 0.25) is 0 Å². The largest absolute Gasteiger partial charge is 0.484 e. The second-order valence-corrected chi connectivity index (χ2v) is 6.14. The molecule has 0 unspecified atom stereocenters. The van der Waals surface area contributed by atoms with Gasteiger partial charge in [0.2, 0.25) is 6.79 Å². The number of rotatable bonds is 4. The predicted molar refractivity (Wildman–Crippen MR) is 92.1 cm³/mol. The van der Waals surface area contributed by atoms with Crippen LogP contribution in [-0.2, 0) is 17.6 Å². The molecule has 0 radical (unpaired) electrons. The number of amides is 2. The lowest BCUT2D eigenvalue weighted by molar-refractivity contribution is -0.123. The Hall–Kier alpha value is -3.22. The number of carbonyl (C=O) groups is 2. The van der Waals surface area contributed by atoms with Gasteiger partial charge < -0.3 is 14.2 Å². The molecule has 0 saturated heterocycles. The van der Waals surface area contributed by atoms with E-state index in [0.29, 0.717) is 22.8 Å². The van der Waals surface area contributed by atoms with Gasteiger partial charge >= 0.3 is 0 Å². The Morgan fingerprint density at radius 3 is 2.73 bits per heavy atom. The highest BCUT2D eigenvalue weighted by molar-refractivity contribution is 5.96. The van der Waals surface area contributed by atoms with Crippen molar-refractivity contribution < 1.29 is 23.8 Å². The molecule has 7 heteroatoms. The topological polar surface area (TPSA) is 85.9 Å². The van der Waals surface area contributed by atoms with E-state index in [-0.39, 0.29) is 13.4 Å². The molecular formula is C19H18N2O5. The zero-order chi connectivity index (χ0) is 17.9. The molecule has 2 amide bonds. The first-order chi connectivity index (χ1) is 12.7. The highest BCUT2D eigenvalue weighted by atomic mass is 16.7. The van der Waals surface area contributed by atoms with Gasteiger partial charge in [-0.1, -0.05) is 6.07 Å². The van der Waals surface area contributed by atoms with Crippen LogP contribution >= 0.6 is 0 Å². The summed E-state index contributed by atoms with van der Waals surface area (Å²) in [7, 11) is 0. The number of hydrogen-bond donors (Lipinski definition) is 2. The predicted octanol–water partition coefficient (Wildman–Crippen LogP) is 1.74. The van der Waals surface area contributed by atoms with Gasteiger partial charge in [0.25, 0.3) is 11.8 Å². The Labute approximate surface area is 150 Å². The molecule has 1 heterocycles. The van der Waals surface area contributed by atoms with Crippen LogP contribution in [0.3, 0.4) is 0 Å². The zero-order valence-electron chi connectivity index (χ0n) is 14.0. The minimum absolute atomic E-state index is 0.136. The first-order valence-electron chi connectivity index (χ1n) is 8.42. The number of hydrazine groups is 1. The summed E-state index contributed by atoms with van der Waals surface area (Å²) in [6, 6.07) is 10.7. The van der Waals surface area contributed by atoms with E-state index in [0.717, 1.165) is 19.3 Å². The summed E-state index contributed by atoms with van der Waals surface area (Å²) in [5.74, 6) is 0.855. The van der Waals surface area contributed by atoms with Gasteiger partial charge in [-0.3, -0.25) is 20.4 Å². The van der Waals surface area contributed by atoms with Gasteiger partial charge in [-0.25, -0.2) is 0 Å². The zero-order valence-corrected chi connectivity index (χ0v) is 14.0. The molecule has 2 aliphatic rings. The minimum Gasteiger partial charge on any atom is -0.484 e. The number of fused-ring (bicyclic) bond motifs is 2. The van der Waals surface area contributed by atoms with Crippen LogP contribution in [0.1, 0.15) is 27.9 Å². The maximum atomic E-state index is 12.1. The standard InChI is InChI=1S/C19H18N2O5/c22-18(10-24-15-6-4-12-2-1-3-13(12)8-15)20-21-19(23)14-5-7-16-17(9-14)26-11-25-16/h4-9H,1-3,10-11H2,(H,20,22)(H,21,23). The van der Waals surface area contributed by atoms with E-state index in [1.54, 1.807) is 18.2 Å². The SMILES string of the molecule is O=C(COc1ccc2c(c1)CCC2)NNC(=O)c1ccc2c(c1)OCO2. The quantitative estimate of drug-likeness (QED) is 0.817. The van der Waals surface area contributed by atoms with Crippen LogP contribution in [0, 0.1) is 0 Å². The molecule has 7 nitrogen and oxygen atoms in total. The summed E-state index contributed by atoms with van der Waals surface area (Å²) in [6.07, 6.45) is 3.30. The second-order valence-electron chi connectivity index (χ2n) is 6.14. The van der Waals surface area contributed by atoms with Gasteiger partial charge in [0.15, 0.2) is 18.1 Å². The van der Waals surface area contributed by atoms with Crippen molar-refractivity contribution in [2.45, 2.75) is 19.3 Å². The summed E-state index contributed by atoms with van der Waals surface area (Å²) in [5.41, 5.74) is 7.67. The fourth-order valence-corrected chi connectivity index (χ4v) is 3.06. The molecule has 0 aromatic heterocycles. The Bertz CT molecular complexity index is 865. The fourth-order valence-electron chi connectivity index (χ4n) is 3.06. The summed E-state index contributed by atoms with van der Waals surface area (Å²) in [5, 5.41) is 0. The van der Waals surface area contributed by atoms with Crippen molar-refractivity contribution in [2.75, 3.05) is 13.4 Å². The molecule has 0 spiro atoms. The van der Waals surface area contributed by atoms with E-state index in [4.69, 9.17) is 14.2 Å². The highest BCUT2D eigenvalue weighted by Gasteiger charge is 2.17. The number of benzene rings is 2. The maximum absolute atomic E-state index is 12.1. The fraction of sp³-hybridized carbons (Fsp3) is 0.263. The van der Waals surface area contributed by atoms with E-state index < -0.39 is 11.8 Å². The van der Waals surface area contributed by atoms with E-state index in [2.05, 4.69) is 10.9 Å². The van der Waals surface area contributed by atoms with Crippen LogP contribution < -0.4 is 25.1 Å². The van der Waals surface area contributed by atoms with Gasteiger partial charge in [-0.15, -0.1) is 0 Å². The number of hydrogen-bond acceptors (Lipinski definition) is 5. The van der Waals surface area contributed by atoms with Crippen LogP contribution in [0.4, 0.5) is 0 Å². The van der Waals surface area contributed by atoms with Gasteiger partial charge in [0.05, 0.1) is 0 Å². The summed E-state index contributed by atoms with van der Waals surface area (Å²) < 4.78 is 15.9. The molecule has 0 atom stereocenters. The first-order valence-corrected chi connectivity index (χ1v) is 8.42. The average molecular weight is 354 g/mol. The monoisotopic (exact) mass is 354 g/mol. The Balaban J connectivity index is 1.26. The Kier molecular flexibility index (Phi) is 4.35. The van der Waals surface area contributed by atoms with Crippen molar-refractivity contribution in [3.05, 3.63) is 53.1 Å². The van der Waals surface area contributed by atoms with Crippen LogP contribution in [0.25, 0.3) is 0 Å². The van der Waals surface area contributed by atoms with E-state index >= 15 is 0 Å². The van der Waals surface area contributed by atoms with Gasteiger partial charge in [0.1, 0.15) is 5.75 Å². The van der Waals surface area contributed by atoms with Crippen molar-refractivity contribution in [3.8, 4) is 17.2 Å². The van der Waals surface area contributed by atoms with E-state index in [1.807, 2.05) is 18.2 Å². The molecular weight excluding hydrogens is 336 g/mol. The molecule has 0 bridgehead atoms. The smallest absolute Gasteiger partial charge is 0.276 e. The second kappa shape index (κ2) is 6.95. The van der Waals surface area contributed by atoms with Gasteiger partial charge in [-0.05, 0) is 60.7 Å². The summed E-state index contributed by atoms with van der Waals surface area (Å²) >= 11 is 0. The minimum atomic E-state index is -0.450. The normalized spacial score (nSPS) is 13.8. The summed E-state index contributed by atoms with van der Waals surface area (Å²) in [4.78, 5) is 24.0. The number of aryl methyl sites for hydroxylation is 2. The molecule has 26 heavy (non-hydrogen) atoms. The van der Waals surface area contributed by atoms with Crippen LogP contribution in [0.15, 0.2) is 36.4 Å². The number of nitrogens with one attached hydrogen (secondary N) is 2. The van der Waals surface area contributed by atoms with Crippen molar-refractivity contribution in [1.82, 2.24) is 10.9 Å². The number of carbonyl (C=O) groups excluding carboxylic acids is 2.